The number of benzene rings is 1. The maximum atomic E-state index is 12.1. The third kappa shape index (κ3) is 3.85. The van der Waals surface area contributed by atoms with Crippen LogP contribution in [0.15, 0.2) is 41.1 Å². The second-order valence-electron chi connectivity index (χ2n) is 5.50. The number of anilines is 1. The standard InChI is InChI=1S/C17H18N4OS2/c1-11-4-5-12(2)14(8-11)21-7-6-18-17(21)24-10-15(22)20-16-19-13(3)9-23-16/h4-9H,10H2,1-3H3,(H,19,20,22). The molecule has 0 aliphatic rings. The Balaban J connectivity index is 1.69. The summed E-state index contributed by atoms with van der Waals surface area (Å²) in [7, 11) is 0. The van der Waals surface area contributed by atoms with Crippen LogP contribution in [0.4, 0.5) is 5.13 Å². The number of nitrogens with one attached hydrogen (secondary N) is 1. The highest BCUT2D eigenvalue weighted by molar-refractivity contribution is 7.99. The fourth-order valence-electron chi connectivity index (χ4n) is 2.26. The second-order valence-corrected chi connectivity index (χ2v) is 7.30. The lowest BCUT2D eigenvalue weighted by Gasteiger charge is -2.11. The van der Waals surface area contributed by atoms with Gasteiger partial charge in [-0.3, -0.25) is 9.36 Å². The number of aryl methyl sites for hydroxylation is 3. The molecule has 0 spiro atoms. The zero-order chi connectivity index (χ0) is 17.1. The van der Waals surface area contributed by atoms with Crippen molar-refractivity contribution < 1.29 is 4.79 Å². The first-order chi connectivity index (χ1) is 11.5. The highest BCUT2D eigenvalue weighted by Gasteiger charge is 2.12. The Labute approximate surface area is 149 Å². The van der Waals surface area contributed by atoms with Gasteiger partial charge in [-0.15, -0.1) is 11.3 Å². The van der Waals surface area contributed by atoms with Gasteiger partial charge in [0.05, 0.1) is 17.1 Å². The zero-order valence-corrected chi connectivity index (χ0v) is 15.4. The molecule has 0 fully saturated rings. The van der Waals surface area contributed by atoms with Crippen LogP contribution in [0.5, 0.6) is 0 Å². The van der Waals surface area contributed by atoms with Crippen molar-refractivity contribution in [2.45, 2.75) is 25.9 Å². The van der Waals surface area contributed by atoms with Crippen molar-refractivity contribution in [3.05, 3.63) is 52.8 Å². The fraction of sp³-hybridized carbons (Fsp3) is 0.235. The molecule has 3 aromatic rings. The van der Waals surface area contributed by atoms with E-state index in [0.717, 1.165) is 16.5 Å². The number of thioether (sulfide) groups is 1. The maximum absolute atomic E-state index is 12.1. The van der Waals surface area contributed by atoms with Gasteiger partial charge >= 0.3 is 0 Å². The molecule has 0 unspecified atom stereocenters. The molecule has 0 aliphatic carbocycles. The number of hydrogen-bond donors (Lipinski definition) is 1. The van der Waals surface area contributed by atoms with Gasteiger partial charge in [-0.05, 0) is 38.0 Å². The SMILES string of the molecule is Cc1ccc(C)c(-n2ccnc2SCC(=O)Nc2nc(C)cs2)c1. The van der Waals surface area contributed by atoms with E-state index in [9.17, 15) is 4.79 Å². The summed E-state index contributed by atoms with van der Waals surface area (Å²) in [6.45, 7) is 6.04. The van der Waals surface area contributed by atoms with Gasteiger partial charge in [-0.1, -0.05) is 23.9 Å². The Hall–Kier alpha value is -2.12. The molecule has 0 saturated heterocycles. The normalized spacial score (nSPS) is 10.8. The van der Waals surface area contributed by atoms with Gasteiger partial charge in [0.1, 0.15) is 0 Å². The monoisotopic (exact) mass is 358 g/mol. The smallest absolute Gasteiger partial charge is 0.236 e. The highest BCUT2D eigenvalue weighted by Crippen LogP contribution is 2.24. The summed E-state index contributed by atoms with van der Waals surface area (Å²) >= 11 is 2.85. The predicted octanol–water partition coefficient (Wildman–Crippen LogP) is 3.98. The third-order valence-corrected chi connectivity index (χ3v) is 5.27. The van der Waals surface area contributed by atoms with Crippen LogP contribution >= 0.6 is 23.1 Å². The van der Waals surface area contributed by atoms with E-state index in [1.807, 2.05) is 23.1 Å². The summed E-state index contributed by atoms with van der Waals surface area (Å²) < 4.78 is 2.02. The van der Waals surface area contributed by atoms with Gasteiger partial charge in [0.2, 0.25) is 5.91 Å². The Morgan fingerprint density at radius 2 is 2.17 bits per heavy atom. The number of thiazole rings is 1. The summed E-state index contributed by atoms with van der Waals surface area (Å²) in [5.74, 6) is 0.213. The number of imidazole rings is 1. The Morgan fingerprint density at radius 1 is 1.33 bits per heavy atom. The van der Waals surface area contributed by atoms with Crippen LogP contribution in [0, 0.1) is 20.8 Å². The Morgan fingerprint density at radius 3 is 2.92 bits per heavy atom. The summed E-state index contributed by atoms with van der Waals surface area (Å²) in [6.07, 6.45) is 3.68. The van der Waals surface area contributed by atoms with E-state index >= 15 is 0 Å². The molecule has 0 atom stereocenters. The average Bonchev–Trinajstić information content (AvgIpc) is 3.16. The first-order valence-electron chi connectivity index (χ1n) is 7.48. The lowest BCUT2D eigenvalue weighted by molar-refractivity contribution is -0.113. The van der Waals surface area contributed by atoms with E-state index in [1.54, 1.807) is 6.20 Å². The lowest BCUT2D eigenvalue weighted by Crippen LogP contribution is -2.14. The third-order valence-electron chi connectivity index (χ3n) is 3.43. The predicted molar refractivity (Wildman–Crippen MR) is 99.2 cm³/mol. The summed E-state index contributed by atoms with van der Waals surface area (Å²) in [5.41, 5.74) is 4.36. The van der Waals surface area contributed by atoms with Gasteiger partial charge in [0.15, 0.2) is 10.3 Å². The molecule has 1 amide bonds. The molecular weight excluding hydrogens is 340 g/mol. The first kappa shape index (κ1) is 16.7. The van der Waals surface area contributed by atoms with Crippen LogP contribution in [0.2, 0.25) is 0 Å². The molecule has 0 aliphatic heterocycles. The Kier molecular flexibility index (Phi) is 5.01. The molecule has 2 aromatic heterocycles. The lowest BCUT2D eigenvalue weighted by atomic mass is 10.1. The minimum Gasteiger partial charge on any atom is -0.301 e. The van der Waals surface area contributed by atoms with Crippen LogP contribution < -0.4 is 5.32 Å². The van der Waals surface area contributed by atoms with Crippen LogP contribution in [0.25, 0.3) is 5.69 Å². The van der Waals surface area contributed by atoms with Crippen LogP contribution in [0.1, 0.15) is 16.8 Å². The van der Waals surface area contributed by atoms with E-state index in [2.05, 4.69) is 47.3 Å². The summed E-state index contributed by atoms with van der Waals surface area (Å²) in [5, 5.41) is 6.16. The van der Waals surface area contributed by atoms with E-state index < -0.39 is 0 Å². The molecule has 2 heterocycles. The van der Waals surface area contributed by atoms with Crippen LogP contribution in [-0.2, 0) is 4.79 Å². The zero-order valence-electron chi connectivity index (χ0n) is 13.7. The molecule has 0 radical (unpaired) electrons. The Bertz CT molecular complexity index is 869. The van der Waals surface area contributed by atoms with Gasteiger partial charge in [-0.25, -0.2) is 9.97 Å². The number of carbonyl (C=O) groups excluding carboxylic acids is 1. The summed E-state index contributed by atoms with van der Waals surface area (Å²) in [4.78, 5) is 20.7. The van der Waals surface area contributed by atoms with E-state index in [-0.39, 0.29) is 5.91 Å². The molecule has 7 heteroatoms. The van der Waals surface area contributed by atoms with Crippen molar-refractivity contribution in [2.75, 3.05) is 11.1 Å². The molecule has 1 aromatic carbocycles. The molecule has 5 nitrogen and oxygen atoms in total. The number of rotatable bonds is 5. The topological polar surface area (TPSA) is 59.8 Å². The number of aromatic nitrogens is 3. The van der Waals surface area contributed by atoms with Crippen LogP contribution in [0.3, 0.4) is 0 Å². The van der Waals surface area contributed by atoms with Crippen molar-refractivity contribution in [1.82, 2.24) is 14.5 Å². The molecule has 3 rings (SSSR count). The molecule has 1 N–H and O–H groups in total. The number of amides is 1. The van der Waals surface area contributed by atoms with Crippen LogP contribution in [-0.4, -0.2) is 26.2 Å². The quantitative estimate of drug-likeness (QED) is 0.701. The molecule has 124 valence electrons. The molecule has 0 bridgehead atoms. The second kappa shape index (κ2) is 7.19. The average molecular weight is 358 g/mol. The minimum absolute atomic E-state index is 0.0788. The van der Waals surface area contributed by atoms with Crippen molar-refractivity contribution in [3.63, 3.8) is 0 Å². The number of carbonyl (C=O) groups is 1. The molecular formula is C17H18N4OS2. The maximum Gasteiger partial charge on any atom is 0.236 e. The minimum atomic E-state index is -0.0788. The van der Waals surface area contributed by atoms with Crippen molar-refractivity contribution in [3.8, 4) is 5.69 Å². The van der Waals surface area contributed by atoms with Gasteiger partial charge in [0.25, 0.3) is 0 Å². The van der Waals surface area contributed by atoms with Gasteiger partial charge in [-0.2, -0.15) is 0 Å². The van der Waals surface area contributed by atoms with Crippen molar-refractivity contribution in [2.24, 2.45) is 0 Å². The highest BCUT2D eigenvalue weighted by atomic mass is 32.2. The molecule has 24 heavy (non-hydrogen) atoms. The first-order valence-corrected chi connectivity index (χ1v) is 9.35. The van der Waals surface area contributed by atoms with Gasteiger partial charge in [0, 0.05) is 17.8 Å². The largest absolute Gasteiger partial charge is 0.301 e. The van der Waals surface area contributed by atoms with Crippen molar-refractivity contribution in [1.29, 1.82) is 0 Å². The summed E-state index contributed by atoms with van der Waals surface area (Å²) in [6, 6.07) is 6.31. The van der Waals surface area contributed by atoms with Gasteiger partial charge < -0.3 is 5.32 Å². The van der Waals surface area contributed by atoms with Crippen molar-refractivity contribution >= 4 is 34.1 Å². The fourth-order valence-corrected chi connectivity index (χ4v) is 3.73. The number of hydrogen-bond acceptors (Lipinski definition) is 5. The van der Waals surface area contributed by atoms with E-state index in [1.165, 1.54) is 34.2 Å². The van der Waals surface area contributed by atoms with E-state index in [0.29, 0.717) is 10.9 Å². The number of nitrogens with zero attached hydrogens (tertiary/aromatic N) is 3. The molecule has 0 saturated carbocycles. The van der Waals surface area contributed by atoms with E-state index in [4.69, 9.17) is 0 Å².